The van der Waals surface area contributed by atoms with Crippen LogP contribution in [0.25, 0.3) is 0 Å². The first-order valence-corrected chi connectivity index (χ1v) is 5.36. The molecule has 0 radical (unpaired) electrons. The zero-order valence-electron chi connectivity index (χ0n) is 6.10. The van der Waals surface area contributed by atoms with Gasteiger partial charge in [-0.3, -0.25) is 0 Å². The predicted octanol–water partition coefficient (Wildman–Crippen LogP) is 1.50. The Morgan fingerprint density at radius 1 is 1.73 bits per heavy atom. The first-order chi connectivity index (χ1) is 4.63. The van der Waals surface area contributed by atoms with Crippen LogP contribution in [0.1, 0.15) is 0 Å². The van der Waals surface area contributed by atoms with Gasteiger partial charge in [0.05, 0.1) is 6.54 Å². The van der Waals surface area contributed by atoms with E-state index in [1.807, 2.05) is 0 Å². The lowest BCUT2D eigenvalue weighted by Crippen LogP contribution is -2.33. The van der Waals surface area contributed by atoms with E-state index in [-0.39, 0.29) is 0 Å². The SMILES string of the molecule is CN(CC(F)(F)Br)S(C)(=N)=O. The summed E-state index contributed by atoms with van der Waals surface area (Å²) in [4.78, 5) is -3.08. The normalized spacial score (nSPS) is 18.4. The maximum absolute atomic E-state index is 12.2. The lowest BCUT2D eigenvalue weighted by molar-refractivity contribution is 0.0961. The van der Waals surface area contributed by atoms with E-state index in [0.717, 1.165) is 10.6 Å². The van der Waals surface area contributed by atoms with Gasteiger partial charge in [0.25, 0.3) is 0 Å². The van der Waals surface area contributed by atoms with Gasteiger partial charge < -0.3 is 0 Å². The Kier molecular flexibility index (Phi) is 3.40. The standard InChI is InChI=1S/C4H9BrF2N2OS/c1-9(11(2,8)10)3-4(5,6)7/h8H,3H2,1-2H3. The highest BCUT2D eigenvalue weighted by Gasteiger charge is 2.28. The zero-order valence-corrected chi connectivity index (χ0v) is 8.51. The van der Waals surface area contributed by atoms with Crippen molar-refractivity contribution in [2.45, 2.75) is 4.83 Å². The molecule has 0 aromatic rings. The lowest BCUT2D eigenvalue weighted by Gasteiger charge is -2.19. The summed E-state index contributed by atoms with van der Waals surface area (Å²) < 4.78 is 42.9. The van der Waals surface area contributed by atoms with Crippen LogP contribution in [0.2, 0.25) is 0 Å². The molecule has 11 heavy (non-hydrogen) atoms. The fourth-order valence-electron chi connectivity index (χ4n) is 0.376. The molecule has 0 saturated heterocycles. The molecule has 0 aromatic carbocycles. The van der Waals surface area contributed by atoms with Gasteiger partial charge in [-0.15, -0.1) is 0 Å². The summed E-state index contributed by atoms with van der Waals surface area (Å²) in [6.45, 7) is -0.730. The molecule has 0 heterocycles. The van der Waals surface area contributed by atoms with Gasteiger partial charge in [0, 0.05) is 13.3 Å². The summed E-state index contributed by atoms with van der Waals surface area (Å²) in [6.07, 6.45) is 1.09. The molecular formula is C4H9BrF2N2OS. The summed E-state index contributed by atoms with van der Waals surface area (Å²) in [7, 11) is -1.80. The van der Waals surface area contributed by atoms with E-state index in [1.165, 1.54) is 7.05 Å². The van der Waals surface area contributed by atoms with Crippen LogP contribution in [0.4, 0.5) is 8.78 Å². The monoisotopic (exact) mass is 250 g/mol. The molecule has 0 fully saturated rings. The van der Waals surface area contributed by atoms with Crippen molar-refractivity contribution < 1.29 is 13.0 Å². The molecule has 1 N–H and O–H groups in total. The first-order valence-electron chi connectivity index (χ1n) is 2.65. The van der Waals surface area contributed by atoms with Crippen LogP contribution in [0.15, 0.2) is 0 Å². The fourth-order valence-corrected chi connectivity index (χ4v) is 1.33. The largest absolute Gasteiger partial charge is 0.314 e. The minimum atomic E-state index is -3.08. The summed E-state index contributed by atoms with van der Waals surface area (Å²) in [5.41, 5.74) is 0. The predicted molar refractivity (Wildman–Crippen MR) is 43.3 cm³/mol. The van der Waals surface area contributed by atoms with Crippen molar-refractivity contribution in [1.82, 2.24) is 4.31 Å². The molecule has 0 aliphatic carbocycles. The third-order valence-corrected chi connectivity index (χ3v) is 2.57. The Bertz CT molecular complexity index is 223. The van der Waals surface area contributed by atoms with Crippen molar-refractivity contribution in [3.63, 3.8) is 0 Å². The first kappa shape index (κ1) is 11.2. The van der Waals surface area contributed by atoms with Gasteiger partial charge >= 0.3 is 4.83 Å². The van der Waals surface area contributed by atoms with E-state index >= 15 is 0 Å². The molecule has 0 aliphatic rings. The Morgan fingerprint density at radius 3 is 2.18 bits per heavy atom. The summed E-state index contributed by atoms with van der Waals surface area (Å²) in [6, 6.07) is 0. The number of hydrogen-bond donors (Lipinski definition) is 1. The number of rotatable bonds is 3. The molecule has 0 aliphatic heterocycles. The second-order valence-electron chi connectivity index (χ2n) is 2.20. The molecule has 0 bridgehead atoms. The van der Waals surface area contributed by atoms with Gasteiger partial charge in [-0.2, -0.15) is 8.78 Å². The van der Waals surface area contributed by atoms with Gasteiger partial charge in [-0.05, 0) is 15.9 Å². The summed E-state index contributed by atoms with van der Waals surface area (Å²) >= 11 is 2.09. The molecule has 7 heteroatoms. The van der Waals surface area contributed by atoms with Crippen molar-refractivity contribution in [1.29, 1.82) is 4.78 Å². The second-order valence-corrected chi connectivity index (χ2v) is 5.59. The Morgan fingerprint density at radius 2 is 2.09 bits per heavy atom. The third-order valence-electron chi connectivity index (χ3n) is 0.997. The number of nitrogens with zero attached hydrogens (tertiary/aromatic N) is 1. The molecule has 0 amide bonds. The molecule has 0 saturated carbocycles. The van der Waals surface area contributed by atoms with Crippen molar-refractivity contribution in [3.8, 4) is 0 Å². The van der Waals surface area contributed by atoms with Crippen LogP contribution in [-0.2, 0) is 9.92 Å². The molecule has 68 valence electrons. The van der Waals surface area contributed by atoms with Gasteiger partial charge in [0.15, 0.2) is 0 Å². The molecule has 0 aromatic heterocycles. The van der Waals surface area contributed by atoms with Crippen LogP contribution >= 0.6 is 15.9 Å². The fraction of sp³-hybridized carbons (Fsp3) is 1.00. The minimum Gasteiger partial charge on any atom is -0.240 e. The van der Waals surface area contributed by atoms with Crippen LogP contribution < -0.4 is 0 Å². The van der Waals surface area contributed by atoms with Crippen molar-refractivity contribution in [3.05, 3.63) is 0 Å². The summed E-state index contributed by atoms with van der Waals surface area (Å²) in [5.74, 6) is 0. The molecule has 0 spiro atoms. The van der Waals surface area contributed by atoms with Crippen molar-refractivity contribution in [2.75, 3.05) is 19.8 Å². The van der Waals surface area contributed by atoms with Gasteiger partial charge in [0.1, 0.15) is 9.92 Å². The zero-order chi connectivity index (χ0) is 9.28. The lowest BCUT2D eigenvalue weighted by atomic mass is 10.7. The smallest absolute Gasteiger partial charge is 0.240 e. The highest BCUT2D eigenvalue weighted by molar-refractivity contribution is 9.10. The Labute approximate surface area is 73.0 Å². The third kappa shape index (κ3) is 5.51. The number of nitrogens with one attached hydrogen (secondary N) is 1. The number of alkyl halides is 3. The van der Waals surface area contributed by atoms with E-state index in [4.69, 9.17) is 4.78 Å². The molecular weight excluding hydrogens is 242 g/mol. The van der Waals surface area contributed by atoms with Crippen LogP contribution in [0.5, 0.6) is 0 Å². The topological polar surface area (TPSA) is 44.2 Å². The average molecular weight is 251 g/mol. The molecule has 0 rings (SSSR count). The Balaban J connectivity index is 4.22. The molecule has 1 unspecified atom stereocenters. The van der Waals surface area contributed by atoms with Crippen LogP contribution in [-0.4, -0.2) is 33.2 Å². The van der Waals surface area contributed by atoms with Crippen LogP contribution in [0, 0.1) is 4.78 Å². The maximum Gasteiger partial charge on any atom is 0.314 e. The highest BCUT2D eigenvalue weighted by atomic mass is 79.9. The summed E-state index contributed by atoms with van der Waals surface area (Å²) in [5, 5.41) is 0. The van der Waals surface area contributed by atoms with E-state index in [0.29, 0.717) is 0 Å². The van der Waals surface area contributed by atoms with Crippen molar-refractivity contribution in [2.24, 2.45) is 0 Å². The van der Waals surface area contributed by atoms with E-state index in [2.05, 4.69) is 15.9 Å². The molecule has 1 atom stereocenters. The maximum atomic E-state index is 12.2. The van der Waals surface area contributed by atoms with E-state index in [1.54, 1.807) is 0 Å². The number of halogens is 3. The van der Waals surface area contributed by atoms with E-state index < -0.39 is 21.3 Å². The average Bonchev–Trinajstić information content (AvgIpc) is 1.56. The molecule has 3 nitrogen and oxygen atoms in total. The minimum absolute atomic E-state index is 0.730. The van der Waals surface area contributed by atoms with Crippen molar-refractivity contribution >= 4 is 25.8 Å². The van der Waals surface area contributed by atoms with E-state index in [9.17, 15) is 13.0 Å². The second kappa shape index (κ2) is 3.32. The quantitative estimate of drug-likeness (QED) is 0.759. The highest BCUT2D eigenvalue weighted by Crippen LogP contribution is 2.22. The van der Waals surface area contributed by atoms with Gasteiger partial charge in [0.2, 0.25) is 0 Å². The van der Waals surface area contributed by atoms with Gasteiger partial charge in [-0.25, -0.2) is 13.3 Å². The number of hydrogen-bond acceptors (Lipinski definition) is 2. The Hall–Kier alpha value is 0.250. The van der Waals surface area contributed by atoms with Gasteiger partial charge in [-0.1, -0.05) is 0 Å². The van der Waals surface area contributed by atoms with Crippen LogP contribution in [0.3, 0.4) is 0 Å².